The normalized spacial score (nSPS) is 13.0. The number of benzene rings is 1. The molecule has 0 aliphatic carbocycles. The Kier molecular flexibility index (Phi) is 3.35. The summed E-state index contributed by atoms with van der Waals surface area (Å²) < 4.78 is 25.8. The fraction of sp³-hybridized carbons (Fsp3) is 0.250. The molecule has 0 radical (unpaired) electrons. The number of aliphatic hydroxyl groups is 1. The number of halogens is 3. The zero-order chi connectivity index (χ0) is 10.0. The second-order valence-corrected chi connectivity index (χ2v) is 3.39. The third-order valence-electron chi connectivity index (χ3n) is 1.62. The predicted octanol–water partition coefficient (Wildman–Crippen LogP) is 1.72. The van der Waals surface area contributed by atoms with E-state index in [1.807, 2.05) is 0 Å². The smallest absolute Gasteiger partial charge is 0.140 e. The molecule has 0 aliphatic heterocycles. The van der Waals surface area contributed by atoms with Crippen LogP contribution in [-0.4, -0.2) is 11.7 Å². The number of aliphatic hydroxyl groups excluding tert-OH is 1. The van der Waals surface area contributed by atoms with E-state index in [0.29, 0.717) is 6.07 Å². The topological polar surface area (TPSA) is 46.2 Å². The molecular formula is C8H8BrF2NO. The molecule has 0 saturated heterocycles. The highest BCUT2D eigenvalue weighted by Gasteiger charge is 2.14. The number of rotatable bonds is 2. The minimum Gasteiger partial charge on any atom is -0.387 e. The first-order valence-electron chi connectivity index (χ1n) is 3.59. The van der Waals surface area contributed by atoms with Gasteiger partial charge >= 0.3 is 0 Å². The van der Waals surface area contributed by atoms with E-state index >= 15 is 0 Å². The Bertz CT molecular complexity index is 319. The molecule has 0 fully saturated rings. The molecule has 2 nitrogen and oxygen atoms in total. The molecule has 0 heterocycles. The van der Waals surface area contributed by atoms with Gasteiger partial charge in [0.1, 0.15) is 11.6 Å². The highest BCUT2D eigenvalue weighted by Crippen LogP contribution is 2.23. The van der Waals surface area contributed by atoms with E-state index in [1.165, 1.54) is 6.07 Å². The molecule has 0 saturated carbocycles. The van der Waals surface area contributed by atoms with Gasteiger partial charge in [-0.05, 0) is 22.0 Å². The first kappa shape index (κ1) is 10.6. The zero-order valence-corrected chi connectivity index (χ0v) is 8.18. The maximum Gasteiger partial charge on any atom is 0.140 e. The van der Waals surface area contributed by atoms with E-state index in [9.17, 15) is 13.9 Å². The summed E-state index contributed by atoms with van der Waals surface area (Å²) in [5, 5.41) is 9.22. The molecule has 0 unspecified atom stereocenters. The Hall–Kier alpha value is -0.520. The van der Waals surface area contributed by atoms with E-state index in [0.717, 1.165) is 0 Å². The Morgan fingerprint density at radius 3 is 2.54 bits per heavy atom. The lowest BCUT2D eigenvalue weighted by molar-refractivity contribution is 0.181. The molecule has 72 valence electrons. The van der Waals surface area contributed by atoms with Gasteiger partial charge < -0.3 is 10.8 Å². The van der Waals surface area contributed by atoms with Gasteiger partial charge in [0.25, 0.3) is 0 Å². The quantitative estimate of drug-likeness (QED) is 0.787. The van der Waals surface area contributed by atoms with Crippen molar-refractivity contribution < 1.29 is 13.9 Å². The van der Waals surface area contributed by atoms with Gasteiger partial charge in [-0.3, -0.25) is 0 Å². The van der Waals surface area contributed by atoms with Crippen molar-refractivity contribution in [3.05, 3.63) is 33.8 Å². The van der Waals surface area contributed by atoms with Gasteiger partial charge in [0, 0.05) is 18.2 Å². The molecule has 0 spiro atoms. The number of hydrogen-bond donors (Lipinski definition) is 2. The van der Waals surface area contributed by atoms with Gasteiger partial charge in [0.15, 0.2) is 0 Å². The van der Waals surface area contributed by atoms with Crippen LogP contribution in [-0.2, 0) is 0 Å². The van der Waals surface area contributed by atoms with Crippen LogP contribution in [0.1, 0.15) is 11.7 Å². The third-order valence-corrected chi connectivity index (χ3v) is 2.23. The van der Waals surface area contributed by atoms with Crippen molar-refractivity contribution in [1.82, 2.24) is 0 Å². The van der Waals surface area contributed by atoms with E-state index in [2.05, 4.69) is 15.9 Å². The molecule has 5 heteroatoms. The van der Waals surface area contributed by atoms with E-state index < -0.39 is 17.7 Å². The fourth-order valence-corrected chi connectivity index (χ4v) is 1.28. The molecule has 1 rings (SSSR count). The molecule has 0 amide bonds. The maximum atomic E-state index is 13.0. The van der Waals surface area contributed by atoms with Gasteiger partial charge in [-0.2, -0.15) is 0 Å². The summed E-state index contributed by atoms with van der Waals surface area (Å²) >= 11 is 2.88. The summed E-state index contributed by atoms with van der Waals surface area (Å²) in [6.45, 7) is -0.102. The van der Waals surface area contributed by atoms with Crippen LogP contribution in [0, 0.1) is 11.6 Å². The summed E-state index contributed by atoms with van der Waals surface area (Å²) in [7, 11) is 0. The monoisotopic (exact) mass is 251 g/mol. The van der Waals surface area contributed by atoms with Crippen molar-refractivity contribution in [2.75, 3.05) is 6.54 Å². The Morgan fingerprint density at radius 1 is 1.38 bits per heavy atom. The number of nitrogens with two attached hydrogens (primary N) is 1. The summed E-state index contributed by atoms with van der Waals surface area (Å²) in [5.41, 5.74) is 5.13. The lowest BCUT2D eigenvalue weighted by Gasteiger charge is -2.09. The molecule has 1 aromatic carbocycles. The van der Waals surface area contributed by atoms with Crippen molar-refractivity contribution in [1.29, 1.82) is 0 Å². The van der Waals surface area contributed by atoms with Crippen LogP contribution >= 0.6 is 15.9 Å². The van der Waals surface area contributed by atoms with E-state index in [1.54, 1.807) is 0 Å². The average Bonchev–Trinajstić information content (AvgIpc) is 2.10. The zero-order valence-electron chi connectivity index (χ0n) is 6.60. The highest BCUT2D eigenvalue weighted by molar-refractivity contribution is 9.10. The summed E-state index contributed by atoms with van der Waals surface area (Å²) in [4.78, 5) is 0. The van der Waals surface area contributed by atoms with Gasteiger partial charge in [-0.1, -0.05) is 0 Å². The second-order valence-electron chi connectivity index (χ2n) is 2.54. The Balaban J connectivity index is 3.15. The van der Waals surface area contributed by atoms with Crippen molar-refractivity contribution in [2.45, 2.75) is 6.10 Å². The van der Waals surface area contributed by atoms with Crippen LogP contribution in [0.25, 0.3) is 0 Å². The van der Waals surface area contributed by atoms with Crippen molar-refractivity contribution in [2.24, 2.45) is 5.73 Å². The molecular weight excluding hydrogens is 244 g/mol. The molecule has 13 heavy (non-hydrogen) atoms. The predicted molar refractivity (Wildman–Crippen MR) is 48.1 cm³/mol. The molecule has 3 N–H and O–H groups in total. The molecule has 0 aromatic heterocycles. The van der Waals surface area contributed by atoms with Crippen LogP contribution in [0.3, 0.4) is 0 Å². The van der Waals surface area contributed by atoms with Crippen LogP contribution < -0.4 is 5.73 Å². The van der Waals surface area contributed by atoms with Crippen molar-refractivity contribution in [3.8, 4) is 0 Å². The van der Waals surface area contributed by atoms with Crippen LogP contribution in [0.15, 0.2) is 16.6 Å². The first-order valence-corrected chi connectivity index (χ1v) is 4.38. The largest absolute Gasteiger partial charge is 0.387 e. The Morgan fingerprint density at radius 2 is 2.00 bits per heavy atom. The van der Waals surface area contributed by atoms with Crippen LogP contribution in [0.4, 0.5) is 8.78 Å². The van der Waals surface area contributed by atoms with Crippen LogP contribution in [0.5, 0.6) is 0 Å². The van der Waals surface area contributed by atoms with Crippen molar-refractivity contribution in [3.63, 3.8) is 0 Å². The van der Waals surface area contributed by atoms with Crippen LogP contribution in [0.2, 0.25) is 0 Å². The molecule has 1 atom stereocenters. The SMILES string of the molecule is NC[C@@H](O)c1cc(Br)c(F)cc1F. The van der Waals surface area contributed by atoms with Crippen molar-refractivity contribution >= 4 is 15.9 Å². The van der Waals surface area contributed by atoms with Gasteiger partial charge in [-0.25, -0.2) is 8.78 Å². The average molecular weight is 252 g/mol. The van der Waals surface area contributed by atoms with E-state index in [4.69, 9.17) is 5.73 Å². The Labute approximate surface area is 82.5 Å². The van der Waals surface area contributed by atoms with Gasteiger partial charge in [0.2, 0.25) is 0 Å². The van der Waals surface area contributed by atoms with Gasteiger partial charge in [-0.15, -0.1) is 0 Å². The third kappa shape index (κ3) is 2.24. The lowest BCUT2D eigenvalue weighted by atomic mass is 10.1. The first-order chi connectivity index (χ1) is 6.06. The van der Waals surface area contributed by atoms with E-state index in [-0.39, 0.29) is 16.6 Å². The summed E-state index contributed by atoms with van der Waals surface area (Å²) in [6, 6.07) is 1.89. The highest BCUT2D eigenvalue weighted by atomic mass is 79.9. The lowest BCUT2D eigenvalue weighted by Crippen LogP contribution is -2.13. The second kappa shape index (κ2) is 4.13. The minimum absolute atomic E-state index is 0.00391. The summed E-state index contributed by atoms with van der Waals surface area (Å²) in [5.74, 6) is -1.50. The van der Waals surface area contributed by atoms with Gasteiger partial charge in [0.05, 0.1) is 10.6 Å². The summed E-state index contributed by atoms with van der Waals surface area (Å²) in [6.07, 6.45) is -1.10. The molecule has 0 bridgehead atoms. The molecule has 0 aliphatic rings. The fourth-order valence-electron chi connectivity index (χ4n) is 0.920. The minimum atomic E-state index is -1.10. The standard InChI is InChI=1S/C8H8BrF2NO/c9-5-1-4(8(13)3-12)6(10)2-7(5)11/h1-2,8,13H,3,12H2/t8-/m1/s1. The maximum absolute atomic E-state index is 13.0. The molecule has 1 aromatic rings. The number of hydrogen-bond acceptors (Lipinski definition) is 2.